The van der Waals surface area contributed by atoms with E-state index in [0.29, 0.717) is 10.7 Å². The van der Waals surface area contributed by atoms with Crippen LogP contribution in [0.15, 0.2) is 36.5 Å². The highest BCUT2D eigenvalue weighted by atomic mass is 35.5. The standard InChI is InChI=1S/C11H9ClN2O2/c12-9-4-2-1-3-8(9)10-5-6-13-14(10)7-11(15)16/h1-6H,7H2,(H,15,16). The predicted octanol–water partition coefficient (Wildman–Crippen LogP) is 2.29. The molecule has 2 aromatic rings. The summed E-state index contributed by atoms with van der Waals surface area (Å²) in [7, 11) is 0. The highest BCUT2D eigenvalue weighted by Crippen LogP contribution is 2.26. The van der Waals surface area contributed by atoms with Gasteiger partial charge in [0.2, 0.25) is 0 Å². The van der Waals surface area contributed by atoms with Gasteiger partial charge in [-0.05, 0) is 12.1 Å². The predicted molar refractivity (Wildman–Crippen MR) is 60.3 cm³/mol. The Bertz CT molecular complexity index is 522. The van der Waals surface area contributed by atoms with E-state index in [2.05, 4.69) is 5.10 Å². The van der Waals surface area contributed by atoms with Gasteiger partial charge in [0.25, 0.3) is 0 Å². The minimum Gasteiger partial charge on any atom is -0.480 e. The van der Waals surface area contributed by atoms with Crippen molar-refractivity contribution < 1.29 is 9.90 Å². The first-order valence-corrected chi connectivity index (χ1v) is 5.05. The maximum atomic E-state index is 10.6. The quantitative estimate of drug-likeness (QED) is 0.890. The number of hydrogen-bond donors (Lipinski definition) is 1. The van der Waals surface area contributed by atoms with Crippen LogP contribution in [0.2, 0.25) is 5.02 Å². The van der Waals surface area contributed by atoms with Gasteiger partial charge in [-0.15, -0.1) is 0 Å². The summed E-state index contributed by atoms with van der Waals surface area (Å²) in [6, 6.07) is 9.00. The maximum absolute atomic E-state index is 10.6. The Morgan fingerprint density at radius 1 is 1.38 bits per heavy atom. The lowest BCUT2D eigenvalue weighted by atomic mass is 10.1. The largest absolute Gasteiger partial charge is 0.480 e. The third kappa shape index (κ3) is 2.06. The normalized spacial score (nSPS) is 10.3. The van der Waals surface area contributed by atoms with Crippen molar-refractivity contribution >= 4 is 17.6 Å². The molecule has 1 heterocycles. The zero-order chi connectivity index (χ0) is 11.5. The van der Waals surface area contributed by atoms with E-state index in [-0.39, 0.29) is 6.54 Å². The third-order valence-corrected chi connectivity index (χ3v) is 2.48. The number of carboxylic acids is 1. The molecule has 0 radical (unpaired) electrons. The minimum atomic E-state index is -0.933. The second-order valence-electron chi connectivity index (χ2n) is 3.25. The number of aliphatic carboxylic acids is 1. The lowest BCUT2D eigenvalue weighted by molar-refractivity contribution is -0.137. The number of aromatic nitrogens is 2. The number of hydrogen-bond acceptors (Lipinski definition) is 2. The molecule has 0 amide bonds. The molecule has 5 heteroatoms. The molecule has 2 rings (SSSR count). The molecule has 16 heavy (non-hydrogen) atoms. The van der Waals surface area contributed by atoms with Crippen LogP contribution in [0.4, 0.5) is 0 Å². The first kappa shape index (κ1) is 10.7. The molecule has 0 unspecified atom stereocenters. The molecule has 1 N–H and O–H groups in total. The zero-order valence-corrected chi connectivity index (χ0v) is 9.05. The van der Waals surface area contributed by atoms with Gasteiger partial charge in [-0.3, -0.25) is 9.48 Å². The maximum Gasteiger partial charge on any atom is 0.325 e. The molecule has 0 spiro atoms. The molecule has 0 atom stereocenters. The highest BCUT2D eigenvalue weighted by molar-refractivity contribution is 6.33. The number of carboxylic acid groups (broad SMARTS) is 1. The monoisotopic (exact) mass is 236 g/mol. The van der Waals surface area contributed by atoms with Crippen LogP contribution in [0.1, 0.15) is 0 Å². The molecule has 0 saturated carbocycles. The molecule has 82 valence electrons. The molecule has 0 aliphatic rings. The zero-order valence-electron chi connectivity index (χ0n) is 8.30. The molecule has 1 aromatic heterocycles. The number of benzene rings is 1. The lowest BCUT2D eigenvalue weighted by Gasteiger charge is -2.06. The Labute approximate surface area is 97.1 Å². The van der Waals surface area contributed by atoms with E-state index in [0.717, 1.165) is 5.56 Å². The van der Waals surface area contributed by atoms with Gasteiger partial charge in [-0.25, -0.2) is 0 Å². The summed E-state index contributed by atoms with van der Waals surface area (Å²) >= 11 is 6.04. The van der Waals surface area contributed by atoms with Crippen molar-refractivity contribution in [1.82, 2.24) is 9.78 Å². The Hall–Kier alpha value is -1.81. The van der Waals surface area contributed by atoms with Gasteiger partial charge in [-0.1, -0.05) is 29.8 Å². The van der Waals surface area contributed by atoms with Crippen LogP contribution in [0.3, 0.4) is 0 Å². The number of nitrogens with zero attached hydrogens (tertiary/aromatic N) is 2. The van der Waals surface area contributed by atoms with Crippen molar-refractivity contribution in [2.24, 2.45) is 0 Å². The Kier molecular flexibility index (Phi) is 2.92. The van der Waals surface area contributed by atoms with E-state index in [1.165, 1.54) is 4.68 Å². The average molecular weight is 237 g/mol. The van der Waals surface area contributed by atoms with E-state index < -0.39 is 5.97 Å². The van der Waals surface area contributed by atoms with Crippen molar-refractivity contribution in [3.8, 4) is 11.3 Å². The summed E-state index contributed by atoms with van der Waals surface area (Å²) in [5, 5.41) is 13.3. The van der Waals surface area contributed by atoms with Crippen molar-refractivity contribution in [1.29, 1.82) is 0 Å². The summed E-state index contributed by atoms with van der Waals surface area (Å²) in [4.78, 5) is 10.6. The SMILES string of the molecule is O=C(O)Cn1nccc1-c1ccccc1Cl. The van der Waals surface area contributed by atoms with Crippen molar-refractivity contribution in [3.05, 3.63) is 41.6 Å². The fourth-order valence-electron chi connectivity index (χ4n) is 1.48. The van der Waals surface area contributed by atoms with Crippen molar-refractivity contribution in [2.75, 3.05) is 0 Å². The van der Waals surface area contributed by atoms with Crippen LogP contribution in [0.5, 0.6) is 0 Å². The summed E-state index contributed by atoms with van der Waals surface area (Å²) in [5.74, 6) is -0.933. The van der Waals surface area contributed by atoms with Gasteiger partial charge in [0.15, 0.2) is 0 Å². The van der Waals surface area contributed by atoms with Crippen LogP contribution >= 0.6 is 11.6 Å². The van der Waals surface area contributed by atoms with Crippen LogP contribution in [0.25, 0.3) is 11.3 Å². The Morgan fingerprint density at radius 3 is 2.81 bits per heavy atom. The van der Waals surface area contributed by atoms with Gasteiger partial charge < -0.3 is 5.11 Å². The van der Waals surface area contributed by atoms with E-state index in [1.807, 2.05) is 18.2 Å². The van der Waals surface area contributed by atoms with Gasteiger partial charge in [0, 0.05) is 16.8 Å². The molecule has 0 aliphatic carbocycles. The number of carbonyl (C=O) groups is 1. The third-order valence-electron chi connectivity index (χ3n) is 2.15. The molecule has 0 aliphatic heterocycles. The average Bonchev–Trinajstić information content (AvgIpc) is 2.66. The first-order chi connectivity index (χ1) is 7.68. The summed E-state index contributed by atoms with van der Waals surface area (Å²) in [6.07, 6.45) is 1.56. The van der Waals surface area contributed by atoms with Crippen LogP contribution in [-0.2, 0) is 11.3 Å². The lowest BCUT2D eigenvalue weighted by Crippen LogP contribution is -2.11. The fraction of sp³-hybridized carbons (Fsp3) is 0.0909. The molecular weight excluding hydrogens is 228 g/mol. The number of rotatable bonds is 3. The van der Waals surface area contributed by atoms with Crippen molar-refractivity contribution in [2.45, 2.75) is 6.54 Å². The van der Waals surface area contributed by atoms with E-state index in [9.17, 15) is 4.79 Å². The smallest absolute Gasteiger partial charge is 0.325 e. The van der Waals surface area contributed by atoms with E-state index >= 15 is 0 Å². The second kappa shape index (κ2) is 4.37. The first-order valence-electron chi connectivity index (χ1n) is 4.67. The Balaban J connectivity index is 2.45. The molecular formula is C11H9ClN2O2. The van der Waals surface area contributed by atoms with E-state index in [4.69, 9.17) is 16.7 Å². The van der Waals surface area contributed by atoms with Gasteiger partial charge in [0.1, 0.15) is 6.54 Å². The van der Waals surface area contributed by atoms with Crippen LogP contribution in [0, 0.1) is 0 Å². The van der Waals surface area contributed by atoms with Crippen LogP contribution < -0.4 is 0 Å². The van der Waals surface area contributed by atoms with Gasteiger partial charge in [-0.2, -0.15) is 5.10 Å². The molecule has 1 aromatic carbocycles. The second-order valence-corrected chi connectivity index (χ2v) is 3.65. The molecule has 0 fully saturated rings. The summed E-state index contributed by atoms with van der Waals surface area (Å²) in [6.45, 7) is -0.173. The summed E-state index contributed by atoms with van der Waals surface area (Å²) in [5.41, 5.74) is 1.48. The topological polar surface area (TPSA) is 55.1 Å². The molecule has 0 bridgehead atoms. The highest BCUT2D eigenvalue weighted by Gasteiger charge is 2.10. The van der Waals surface area contributed by atoms with Crippen molar-refractivity contribution in [3.63, 3.8) is 0 Å². The minimum absolute atomic E-state index is 0.173. The molecule has 0 saturated heterocycles. The van der Waals surface area contributed by atoms with Gasteiger partial charge in [0.05, 0.1) is 5.69 Å². The van der Waals surface area contributed by atoms with Gasteiger partial charge >= 0.3 is 5.97 Å². The fourth-order valence-corrected chi connectivity index (χ4v) is 1.72. The molecule has 4 nitrogen and oxygen atoms in total. The number of halogens is 1. The van der Waals surface area contributed by atoms with E-state index in [1.54, 1.807) is 18.3 Å². The summed E-state index contributed by atoms with van der Waals surface area (Å²) < 4.78 is 1.41. The Morgan fingerprint density at radius 2 is 2.12 bits per heavy atom. The van der Waals surface area contributed by atoms with Crippen LogP contribution in [-0.4, -0.2) is 20.9 Å².